The number of halogens is 2. The Hall–Kier alpha value is -3.61. The Kier molecular flexibility index (Phi) is 12.4. The van der Waals surface area contributed by atoms with Crippen molar-refractivity contribution < 1.29 is 31.9 Å². The molecule has 3 rings (SSSR count). The number of hydrogen-bond donors (Lipinski definition) is 4. The Balaban J connectivity index is 1.96. The molecule has 246 valence electrons. The molecular weight excluding hydrogens is 602 g/mol. The normalized spacial score (nSPS) is 18.0. The van der Waals surface area contributed by atoms with Crippen LogP contribution < -0.4 is 15.8 Å². The summed E-state index contributed by atoms with van der Waals surface area (Å²) in [4.78, 5) is 28.8. The highest BCUT2D eigenvalue weighted by atomic mass is 32.2. The number of aliphatic hydroxyl groups excluding tert-OH is 1. The minimum atomic E-state index is -3.47. The molecule has 9 nitrogen and oxygen atoms in total. The number of sulfonamides is 1. The molecule has 45 heavy (non-hydrogen) atoms. The summed E-state index contributed by atoms with van der Waals surface area (Å²) in [7, 11) is -3.47. The Labute approximate surface area is 264 Å². The fourth-order valence-electron chi connectivity index (χ4n) is 6.02. The van der Waals surface area contributed by atoms with Crippen molar-refractivity contribution in [1.82, 2.24) is 10.2 Å². The number of nitrogens with two attached hydrogens (primary N) is 1. The highest BCUT2D eigenvalue weighted by Crippen LogP contribution is 2.44. The van der Waals surface area contributed by atoms with Crippen LogP contribution in [0.4, 0.5) is 14.5 Å². The molecule has 1 aliphatic rings. The van der Waals surface area contributed by atoms with Crippen LogP contribution in [0.25, 0.3) is 0 Å². The fourth-order valence-corrected chi connectivity index (χ4v) is 6.58. The number of primary amides is 1. The molecule has 0 radical (unpaired) electrons. The third-order valence-electron chi connectivity index (χ3n) is 7.79. The van der Waals surface area contributed by atoms with E-state index < -0.39 is 45.0 Å². The van der Waals surface area contributed by atoms with E-state index >= 15 is 0 Å². The van der Waals surface area contributed by atoms with Gasteiger partial charge in [-0.05, 0) is 68.0 Å². The minimum Gasteiger partial charge on any atom is -0.391 e. The fraction of sp³-hybridized carbons (Fsp3) is 0.455. The number of aliphatic hydroxyl groups is 1. The van der Waals surface area contributed by atoms with Gasteiger partial charge in [0.05, 0.1) is 17.8 Å². The lowest BCUT2D eigenvalue weighted by molar-refractivity contribution is -0.132. The molecule has 0 aliphatic heterocycles. The Morgan fingerprint density at radius 1 is 1.07 bits per heavy atom. The van der Waals surface area contributed by atoms with Crippen molar-refractivity contribution in [1.29, 1.82) is 0 Å². The smallest absolute Gasteiger partial charge is 0.249 e. The van der Waals surface area contributed by atoms with Gasteiger partial charge in [0, 0.05) is 49.4 Å². The van der Waals surface area contributed by atoms with Gasteiger partial charge in [-0.1, -0.05) is 43.7 Å². The average molecular weight is 647 g/mol. The first-order valence-corrected chi connectivity index (χ1v) is 17.0. The number of carbonyl (C=O) groups excluding carboxylic acids is 2. The van der Waals surface area contributed by atoms with Crippen LogP contribution in [0.5, 0.6) is 0 Å². The molecule has 1 unspecified atom stereocenters. The van der Waals surface area contributed by atoms with E-state index in [-0.39, 0.29) is 37.4 Å². The number of carbonyl (C=O) groups is 2. The summed E-state index contributed by atoms with van der Waals surface area (Å²) in [5.74, 6) is -3.55. The van der Waals surface area contributed by atoms with Crippen molar-refractivity contribution in [3.05, 3.63) is 88.5 Å². The molecule has 5 N–H and O–H groups in total. The van der Waals surface area contributed by atoms with Gasteiger partial charge in [0.1, 0.15) is 11.6 Å². The SMILES string of the molecule is CCCN(CCC)C(=O)C1=CC(C)=CC(C(N)=O)([C@H](Cc2cc(F)cc(F)c2)[C@@H](O)CNCc2cccc(NS(C)(=O)=O)c2)C1. The number of rotatable bonds is 16. The highest BCUT2D eigenvalue weighted by molar-refractivity contribution is 7.92. The molecule has 0 saturated heterocycles. The highest BCUT2D eigenvalue weighted by Gasteiger charge is 2.48. The van der Waals surface area contributed by atoms with Crippen LogP contribution in [0.1, 0.15) is 51.2 Å². The van der Waals surface area contributed by atoms with E-state index in [0.717, 1.165) is 42.9 Å². The lowest BCUT2D eigenvalue weighted by atomic mass is 9.63. The molecule has 3 atom stereocenters. The molecule has 12 heteroatoms. The van der Waals surface area contributed by atoms with Crippen LogP contribution in [0.2, 0.25) is 0 Å². The van der Waals surface area contributed by atoms with Gasteiger partial charge in [0.15, 0.2) is 0 Å². The van der Waals surface area contributed by atoms with Gasteiger partial charge in [-0.2, -0.15) is 0 Å². The first-order chi connectivity index (χ1) is 21.2. The third kappa shape index (κ3) is 9.94. The summed E-state index contributed by atoms with van der Waals surface area (Å²) in [6, 6.07) is 9.76. The third-order valence-corrected chi connectivity index (χ3v) is 8.40. The lowest BCUT2D eigenvalue weighted by Crippen LogP contribution is -2.51. The van der Waals surface area contributed by atoms with E-state index in [9.17, 15) is 31.9 Å². The number of anilines is 1. The molecule has 0 aromatic heterocycles. The van der Waals surface area contributed by atoms with E-state index in [2.05, 4.69) is 10.0 Å². The predicted molar refractivity (Wildman–Crippen MR) is 171 cm³/mol. The van der Waals surface area contributed by atoms with Gasteiger partial charge in [-0.15, -0.1) is 0 Å². The second kappa shape index (κ2) is 15.6. The number of benzene rings is 2. The van der Waals surface area contributed by atoms with Crippen molar-refractivity contribution in [2.24, 2.45) is 17.1 Å². The van der Waals surface area contributed by atoms with E-state index in [1.807, 2.05) is 13.8 Å². The van der Waals surface area contributed by atoms with Crippen LogP contribution >= 0.6 is 0 Å². The average Bonchev–Trinajstić information content (AvgIpc) is 2.93. The van der Waals surface area contributed by atoms with E-state index in [4.69, 9.17) is 5.73 Å². The summed E-state index contributed by atoms with van der Waals surface area (Å²) >= 11 is 0. The molecule has 2 aromatic carbocycles. The van der Waals surface area contributed by atoms with Crippen molar-refractivity contribution in [3.8, 4) is 0 Å². The van der Waals surface area contributed by atoms with Gasteiger partial charge in [-0.25, -0.2) is 17.2 Å². The van der Waals surface area contributed by atoms with Crippen LogP contribution in [-0.4, -0.2) is 62.2 Å². The van der Waals surface area contributed by atoms with Gasteiger partial charge in [0.2, 0.25) is 21.8 Å². The number of hydrogen-bond acceptors (Lipinski definition) is 6. The second-order valence-corrected chi connectivity index (χ2v) is 13.5. The number of allylic oxidation sites excluding steroid dienone is 2. The summed E-state index contributed by atoms with van der Waals surface area (Å²) in [6.45, 7) is 6.96. The predicted octanol–water partition coefficient (Wildman–Crippen LogP) is 4.04. The molecule has 0 saturated carbocycles. The van der Waals surface area contributed by atoms with Crippen molar-refractivity contribution >= 4 is 27.5 Å². The van der Waals surface area contributed by atoms with Gasteiger partial charge < -0.3 is 21.1 Å². The monoisotopic (exact) mass is 646 g/mol. The van der Waals surface area contributed by atoms with E-state index in [0.29, 0.717) is 29.9 Å². The van der Waals surface area contributed by atoms with E-state index in [1.54, 1.807) is 48.2 Å². The second-order valence-electron chi connectivity index (χ2n) is 11.8. The van der Waals surface area contributed by atoms with Crippen molar-refractivity contribution in [2.45, 2.75) is 59.1 Å². The molecule has 1 aliphatic carbocycles. The standard InChI is InChI=1S/C33H44F2N4O5S/c1-5-10-39(11-6-2)31(41)25-12-22(3)18-33(19-25,32(36)42)29(16-24-13-26(34)17-27(35)14-24)30(40)21-37-20-23-8-7-9-28(15-23)38-45(4,43)44/h7-9,12-15,17-18,29-30,37-38,40H,5-6,10-11,16,19-21H2,1-4H3,(H2,36,42)/t29-,30+,33?/m1/s1. The van der Waals surface area contributed by atoms with Gasteiger partial charge in [0.25, 0.3) is 0 Å². The summed E-state index contributed by atoms with van der Waals surface area (Å²) in [6.07, 6.45) is 4.49. The number of amides is 2. The maximum Gasteiger partial charge on any atom is 0.249 e. The van der Waals surface area contributed by atoms with Crippen LogP contribution in [0, 0.1) is 23.0 Å². The molecule has 0 fully saturated rings. The summed E-state index contributed by atoms with van der Waals surface area (Å²) in [5.41, 5.74) is 6.86. The molecule has 2 aromatic rings. The quantitative estimate of drug-likeness (QED) is 0.217. The van der Waals surface area contributed by atoms with Crippen molar-refractivity contribution in [2.75, 3.05) is 30.6 Å². The zero-order valence-electron chi connectivity index (χ0n) is 26.3. The Morgan fingerprint density at radius 3 is 2.29 bits per heavy atom. The van der Waals surface area contributed by atoms with Crippen molar-refractivity contribution in [3.63, 3.8) is 0 Å². The van der Waals surface area contributed by atoms with E-state index in [1.165, 1.54) is 0 Å². The molecule has 2 amide bonds. The zero-order valence-corrected chi connectivity index (χ0v) is 27.1. The maximum atomic E-state index is 14.2. The maximum absolute atomic E-state index is 14.2. The van der Waals surface area contributed by atoms with Crippen LogP contribution in [0.15, 0.2) is 65.8 Å². The molecule has 0 bridgehead atoms. The first-order valence-electron chi connectivity index (χ1n) is 15.1. The van der Waals surface area contributed by atoms with Gasteiger partial charge >= 0.3 is 0 Å². The first kappa shape index (κ1) is 35.9. The lowest BCUT2D eigenvalue weighted by Gasteiger charge is -2.42. The molecule has 0 heterocycles. The Bertz CT molecular complexity index is 1520. The molecule has 0 spiro atoms. The topological polar surface area (TPSA) is 142 Å². The summed E-state index contributed by atoms with van der Waals surface area (Å²) in [5, 5.41) is 14.8. The largest absolute Gasteiger partial charge is 0.391 e. The zero-order chi connectivity index (χ0) is 33.4. The molecular formula is C33H44F2N4O5S. The van der Waals surface area contributed by atoms with Crippen LogP contribution in [0.3, 0.4) is 0 Å². The number of nitrogens with one attached hydrogen (secondary N) is 2. The minimum absolute atomic E-state index is 0.0428. The Morgan fingerprint density at radius 2 is 1.71 bits per heavy atom. The summed E-state index contributed by atoms with van der Waals surface area (Å²) < 4.78 is 54.2. The van der Waals surface area contributed by atoms with Gasteiger partial charge in [-0.3, -0.25) is 14.3 Å². The number of nitrogens with zero attached hydrogens (tertiary/aromatic N) is 1. The van der Waals surface area contributed by atoms with Crippen LogP contribution in [-0.2, 0) is 32.6 Å².